The van der Waals surface area contributed by atoms with Crippen molar-refractivity contribution in [1.29, 1.82) is 0 Å². The van der Waals surface area contributed by atoms with Crippen LogP contribution in [0.15, 0.2) is 36.7 Å². The maximum absolute atomic E-state index is 12.8. The lowest BCUT2D eigenvalue weighted by Gasteiger charge is -2.26. The molecule has 3 atom stereocenters. The zero-order chi connectivity index (χ0) is 15.8. The lowest BCUT2D eigenvalue weighted by atomic mass is 10.0. The molecule has 1 aliphatic carbocycles. The van der Waals surface area contributed by atoms with Crippen LogP contribution in [0, 0.1) is 5.92 Å². The third-order valence-electron chi connectivity index (χ3n) is 4.84. The van der Waals surface area contributed by atoms with Crippen LogP contribution in [0.3, 0.4) is 0 Å². The summed E-state index contributed by atoms with van der Waals surface area (Å²) >= 11 is 0. The molecule has 4 rings (SSSR count). The number of pyridine rings is 1. The van der Waals surface area contributed by atoms with Crippen molar-refractivity contribution in [3.63, 3.8) is 0 Å². The van der Waals surface area contributed by atoms with Gasteiger partial charge < -0.3 is 10.0 Å². The number of amides is 1. The van der Waals surface area contributed by atoms with Gasteiger partial charge in [-0.15, -0.1) is 0 Å². The summed E-state index contributed by atoms with van der Waals surface area (Å²) in [5, 5.41) is 10.2. The zero-order valence-electron chi connectivity index (χ0n) is 12.7. The zero-order valence-corrected chi connectivity index (χ0v) is 12.7. The van der Waals surface area contributed by atoms with Crippen LogP contribution in [0.4, 0.5) is 0 Å². The molecule has 0 aromatic carbocycles. The number of nitrogens with zero attached hydrogens (tertiary/aromatic N) is 4. The van der Waals surface area contributed by atoms with Crippen molar-refractivity contribution in [2.75, 3.05) is 6.54 Å². The molecule has 1 saturated carbocycles. The van der Waals surface area contributed by atoms with Gasteiger partial charge in [0, 0.05) is 18.9 Å². The van der Waals surface area contributed by atoms with Crippen LogP contribution in [0.1, 0.15) is 29.8 Å². The van der Waals surface area contributed by atoms with Crippen LogP contribution in [-0.4, -0.2) is 49.6 Å². The molecule has 2 aromatic rings. The van der Waals surface area contributed by atoms with Crippen molar-refractivity contribution in [2.24, 2.45) is 5.92 Å². The van der Waals surface area contributed by atoms with Crippen molar-refractivity contribution in [3.05, 3.63) is 42.4 Å². The quantitative estimate of drug-likeness (QED) is 0.910. The molecule has 1 aliphatic heterocycles. The minimum Gasteiger partial charge on any atom is -0.391 e. The molecule has 2 aromatic heterocycles. The van der Waals surface area contributed by atoms with Gasteiger partial charge in [-0.1, -0.05) is 6.07 Å². The number of aliphatic hydroxyl groups excluding tert-OH is 1. The number of hydrogen-bond donors (Lipinski definition) is 1. The molecule has 1 amide bonds. The highest BCUT2D eigenvalue weighted by Crippen LogP contribution is 2.38. The van der Waals surface area contributed by atoms with Gasteiger partial charge in [0.2, 0.25) is 0 Å². The van der Waals surface area contributed by atoms with Gasteiger partial charge in [0.25, 0.3) is 5.91 Å². The Morgan fingerprint density at radius 2 is 2.04 bits per heavy atom. The van der Waals surface area contributed by atoms with Gasteiger partial charge in [-0.25, -0.2) is 9.97 Å². The van der Waals surface area contributed by atoms with Crippen LogP contribution >= 0.6 is 0 Å². The lowest BCUT2D eigenvalue weighted by molar-refractivity contribution is 0.0526. The molecule has 6 nitrogen and oxygen atoms in total. The first-order chi connectivity index (χ1) is 11.2. The van der Waals surface area contributed by atoms with Crippen LogP contribution in [0.25, 0.3) is 11.5 Å². The van der Waals surface area contributed by atoms with Crippen LogP contribution in [0.5, 0.6) is 0 Å². The number of rotatable bonds is 2. The Labute approximate surface area is 134 Å². The highest BCUT2D eigenvalue weighted by Gasteiger charge is 2.45. The minimum absolute atomic E-state index is 0.0595. The third-order valence-corrected chi connectivity index (χ3v) is 4.84. The summed E-state index contributed by atoms with van der Waals surface area (Å²) in [6.45, 7) is 0.689. The normalized spacial score (nSPS) is 26.3. The van der Waals surface area contributed by atoms with Crippen LogP contribution < -0.4 is 0 Å². The molecule has 1 N–H and O–H groups in total. The number of carbonyl (C=O) groups excluding carboxylic acids is 1. The van der Waals surface area contributed by atoms with Gasteiger partial charge in [-0.3, -0.25) is 9.78 Å². The van der Waals surface area contributed by atoms with E-state index in [9.17, 15) is 9.90 Å². The molecule has 1 saturated heterocycles. The second-order valence-corrected chi connectivity index (χ2v) is 6.16. The molecule has 0 bridgehead atoms. The topological polar surface area (TPSA) is 79.2 Å². The van der Waals surface area contributed by atoms with E-state index in [4.69, 9.17) is 0 Å². The molecule has 0 unspecified atom stereocenters. The van der Waals surface area contributed by atoms with E-state index in [1.165, 1.54) is 0 Å². The standard InChI is InChI=1S/C17H18N4O2/c22-14-5-4-11-7-10-21(15(11)14)17(23)13-6-9-19-16(20-13)12-3-1-2-8-18-12/h1-3,6,8-9,11,14-15,22H,4-5,7,10H2/t11-,14+,15+/m1/s1. The number of aliphatic hydroxyl groups is 1. The Morgan fingerprint density at radius 3 is 2.87 bits per heavy atom. The van der Waals surface area contributed by atoms with E-state index in [-0.39, 0.29) is 11.9 Å². The molecule has 2 aliphatic rings. The molecule has 118 valence electrons. The number of likely N-dealkylation sites (tertiary alicyclic amines) is 1. The fourth-order valence-corrected chi connectivity index (χ4v) is 3.75. The van der Waals surface area contributed by atoms with E-state index < -0.39 is 6.10 Å². The molecular weight excluding hydrogens is 292 g/mol. The average Bonchev–Trinajstić information content (AvgIpc) is 3.18. The van der Waals surface area contributed by atoms with Gasteiger partial charge >= 0.3 is 0 Å². The maximum atomic E-state index is 12.8. The van der Waals surface area contributed by atoms with Gasteiger partial charge in [-0.2, -0.15) is 0 Å². The molecular formula is C17H18N4O2. The summed E-state index contributed by atoms with van der Waals surface area (Å²) in [5.74, 6) is 0.739. The summed E-state index contributed by atoms with van der Waals surface area (Å²) in [7, 11) is 0. The van der Waals surface area contributed by atoms with E-state index in [0.29, 0.717) is 29.7 Å². The summed E-state index contributed by atoms with van der Waals surface area (Å²) < 4.78 is 0. The number of aromatic nitrogens is 3. The molecule has 23 heavy (non-hydrogen) atoms. The predicted molar refractivity (Wildman–Crippen MR) is 83.4 cm³/mol. The third kappa shape index (κ3) is 2.49. The van der Waals surface area contributed by atoms with E-state index >= 15 is 0 Å². The molecule has 3 heterocycles. The van der Waals surface area contributed by atoms with Crippen molar-refractivity contribution in [2.45, 2.75) is 31.4 Å². The molecule has 6 heteroatoms. The van der Waals surface area contributed by atoms with E-state index in [0.717, 1.165) is 19.3 Å². The predicted octanol–water partition coefficient (Wildman–Crippen LogP) is 1.52. The van der Waals surface area contributed by atoms with Crippen molar-refractivity contribution < 1.29 is 9.90 Å². The van der Waals surface area contributed by atoms with Gasteiger partial charge in [0.15, 0.2) is 5.82 Å². The number of hydrogen-bond acceptors (Lipinski definition) is 5. The number of fused-ring (bicyclic) bond motifs is 1. The first-order valence-corrected chi connectivity index (χ1v) is 7.97. The maximum Gasteiger partial charge on any atom is 0.272 e. The Kier molecular flexibility index (Phi) is 3.53. The minimum atomic E-state index is -0.413. The van der Waals surface area contributed by atoms with E-state index in [1.54, 1.807) is 23.4 Å². The molecule has 2 fully saturated rings. The SMILES string of the molecule is O=C(c1ccnc(-c2ccccn2)n1)N1CC[C@H]2CC[C@H](O)[C@H]21. The van der Waals surface area contributed by atoms with Crippen molar-refractivity contribution >= 4 is 5.91 Å². The van der Waals surface area contributed by atoms with Crippen molar-refractivity contribution in [1.82, 2.24) is 19.9 Å². The second kappa shape index (κ2) is 5.70. The highest BCUT2D eigenvalue weighted by molar-refractivity contribution is 5.93. The number of carbonyl (C=O) groups is 1. The molecule has 0 radical (unpaired) electrons. The smallest absolute Gasteiger partial charge is 0.272 e. The Bertz CT molecular complexity index is 722. The molecule has 0 spiro atoms. The first kappa shape index (κ1) is 14.3. The van der Waals surface area contributed by atoms with Crippen LogP contribution in [-0.2, 0) is 0 Å². The Hall–Kier alpha value is -2.34. The van der Waals surface area contributed by atoms with Gasteiger partial charge in [-0.05, 0) is 43.4 Å². The summed E-state index contributed by atoms with van der Waals surface area (Å²) in [6.07, 6.45) is 5.59. The van der Waals surface area contributed by atoms with E-state index in [2.05, 4.69) is 15.0 Å². The summed E-state index contributed by atoms with van der Waals surface area (Å²) in [4.78, 5) is 27.4. The largest absolute Gasteiger partial charge is 0.391 e. The van der Waals surface area contributed by atoms with Gasteiger partial charge in [0.05, 0.1) is 12.1 Å². The lowest BCUT2D eigenvalue weighted by Crippen LogP contribution is -2.42. The van der Waals surface area contributed by atoms with Crippen LogP contribution in [0.2, 0.25) is 0 Å². The Balaban J connectivity index is 1.62. The summed E-state index contributed by atoms with van der Waals surface area (Å²) in [6, 6.07) is 7.07. The summed E-state index contributed by atoms with van der Waals surface area (Å²) in [5.41, 5.74) is 1.00. The average molecular weight is 310 g/mol. The fourth-order valence-electron chi connectivity index (χ4n) is 3.75. The van der Waals surface area contributed by atoms with E-state index in [1.807, 2.05) is 18.2 Å². The Morgan fingerprint density at radius 1 is 1.13 bits per heavy atom. The monoisotopic (exact) mass is 310 g/mol. The highest BCUT2D eigenvalue weighted by atomic mass is 16.3. The fraction of sp³-hybridized carbons (Fsp3) is 0.412. The van der Waals surface area contributed by atoms with Crippen molar-refractivity contribution in [3.8, 4) is 11.5 Å². The first-order valence-electron chi connectivity index (χ1n) is 7.97. The second-order valence-electron chi connectivity index (χ2n) is 6.16. The van der Waals surface area contributed by atoms with Gasteiger partial charge in [0.1, 0.15) is 11.4 Å².